The van der Waals surface area contributed by atoms with Crippen LogP contribution in [0.2, 0.25) is 0 Å². The second-order valence-electron chi connectivity index (χ2n) is 2.70. The van der Waals surface area contributed by atoms with Gasteiger partial charge in [0.1, 0.15) is 6.10 Å². The van der Waals surface area contributed by atoms with E-state index in [0.717, 1.165) is 0 Å². The molecule has 0 radical (unpaired) electrons. The van der Waals surface area contributed by atoms with E-state index in [4.69, 9.17) is 0 Å². The first kappa shape index (κ1) is 11.8. The Kier molecular flexibility index (Phi) is 4.67. The summed E-state index contributed by atoms with van der Waals surface area (Å²) in [4.78, 5) is 7.98. The summed E-state index contributed by atoms with van der Waals surface area (Å²) in [7, 11) is 0. The molecular formula is C8H12N2O2S2. The van der Waals surface area contributed by atoms with Gasteiger partial charge in [-0.3, -0.25) is 0 Å². The van der Waals surface area contributed by atoms with E-state index >= 15 is 0 Å². The third-order valence-electron chi connectivity index (χ3n) is 1.72. The van der Waals surface area contributed by atoms with E-state index in [2.05, 4.69) is 22.6 Å². The van der Waals surface area contributed by atoms with Crippen molar-refractivity contribution < 1.29 is 10.2 Å². The van der Waals surface area contributed by atoms with Gasteiger partial charge in [0.15, 0.2) is 5.16 Å². The van der Waals surface area contributed by atoms with Gasteiger partial charge in [0.05, 0.1) is 6.10 Å². The number of aliphatic hydroxyl groups is 2. The molecule has 0 aliphatic carbocycles. The van der Waals surface area contributed by atoms with Crippen molar-refractivity contribution in [2.24, 2.45) is 0 Å². The molecule has 0 bridgehead atoms. The van der Waals surface area contributed by atoms with Crippen LogP contribution in [0.4, 0.5) is 0 Å². The molecule has 0 aliphatic rings. The number of thioether (sulfide) groups is 1. The first-order valence-electron chi connectivity index (χ1n) is 4.02. The maximum Gasteiger partial charge on any atom is 0.187 e. The van der Waals surface area contributed by atoms with Crippen molar-refractivity contribution in [3.05, 3.63) is 18.0 Å². The van der Waals surface area contributed by atoms with Crippen LogP contribution >= 0.6 is 24.4 Å². The van der Waals surface area contributed by atoms with Crippen LogP contribution in [0.25, 0.3) is 0 Å². The van der Waals surface area contributed by atoms with E-state index in [9.17, 15) is 10.2 Å². The fraction of sp³-hybridized carbons (Fsp3) is 0.500. The number of hydrogen-bond acceptors (Lipinski definition) is 6. The van der Waals surface area contributed by atoms with Crippen LogP contribution in [0.3, 0.4) is 0 Å². The largest absolute Gasteiger partial charge is 0.389 e. The average molecular weight is 232 g/mol. The molecule has 1 rings (SSSR count). The summed E-state index contributed by atoms with van der Waals surface area (Å²) in [5.74, 6) is 0.200. The second kappa shape index (κ2) is 5.55. The van der Waals surface area contributed by atoms with Crippen molar-refractivity contribution in [1.82, 2.24) is 9.97 Å². The fourth-order valence-corrected chi connectivity index (χ4v) is 1.42. The first-order valence-corrected chi connectivity index (χ1v) is 5.87. The first-order chi connectivity index (χ1) is 6.69. The summed E-state index contributed by atoms with van der Waals surface area (Å²) in [6.07, 6.45) is 3.03. The Labute approximate surface area is 92.2 Å². The number of aliphatic hydroxyl groups excluding tert-OH is 2. The maximum atomic E-state index is 9.57. The zero-order valence-corrected chi connectivity index (χ0v) is 9.37. The van der Waals surface area contributed by atoms with Gasteiger partial charge in [-0.2, -0.15) is 12.6 Å². The minimum absolute atomic E-state index is 0.200. The predicted octanol–water partition coefficient (Wildman–Crippen LogP) is 0.523. The van der Waals surface area contributed by atoms with Gasteiger partial charge in [0.25, 0.3) is 0 Å². The van der Waals surface area contributed by atoms with Crippen LogP contribution in [-0.2, 0) is 0 Å². The molecule has 78 valence electrons. The summed E-state index contributed by atoms with van der Waals surface area (Å²) in [6, 6.07) is 0. The third kappa shape index (κ3) is 2.84. The summed E-state index contributed by atoms with van der Waals surface area (Å²) < 4.78 is 0. The van der Waals surface area contributed by atoms with E-state index in [1.54, 1.807) is 0 Å². The quantitative estimate of drug-likeness (QED) is 0.401. The molecule has 2 unspecified atom stereocenters. The number of aromatic nitrogens is 2. The third-order valence-corrected chi connectivity index (χ3v) is 2.67. The van der Waals surface area contributed by atoms with Gasteiger partial charge in [0.2, 0.25) is 0 Å². The Morgan fingerprint density at radius 2 is 2.00 bits per heavy atom. The van der Waals surface area contributed by atoms with Crippen LogP contribution in [0, 0.1) is 0 Å². The normalized spacial score (nSPS) is 15.1. The minimum Gasteiger partial charge on any atom is -0.389 e. The lowest BCUT2D eigenvalue weighted by Gasteiger charge is -2.15. The Morgan fingerprint density at radius 3 is 2.43 bits per heavy atom. The molecule has 0 amide bonds. The SMILES string of the molecule is CSc1ncc(C(O)C(O)CS)cn1. The van der Waals surface area contributed by atoms with Crippen molar-refractivity contribution in [3.8, 4) is 0 Å². The van der Waals surface area contributed by atoms with Crippen LogP contribution in [-0.4, -0.2) is 38.3 Å². The molecule has 0 aliphatic heterocycles. The maximum absolute atomic E-state index is 9.57. The van der Waals surface area contributed by atoms with E-state index in [1.807, 2.05) is 6.26 Å². The number of thiol groups is 1. The summed E-state index contributed by atoms with van der Waals surface area (Å²) >= 11 is 5.31. The molecule has 0 fully saturated rings. The number of hydrogen-bond donors (Lipinski definition) is 3. The van der Waals surface area contributed by atoms with E-state index in [1.165, 1.54) is 24.2 Å². The van der Waals surface area contributed by atoms with E-state index in [0.29, 0.717) is 10.7 Å². The van der Waals surface area contributed by atoms with E-state index < -0.39 is 12.2 Å². The second-order valence-corrected chi connectivity index (χ2v) is 3.84. The highest BCUT2D eigenvalue weighted by Crippen LogP contribution is 2.17. The van der Waals surface area contributed by atoms with Gasteiger partial charge in [-0.25, -0.2) is 9.97 Å². The molecule has 2 N–H and O–H groups in total. The van der Waals surface area contributed by atoms with Gasteiger partial charge >= 0.3 is 0 Å². The lowest BCUT2D eigenvalue weighted by molar-refractivity contribution is 0.0332. The highest BCUT2D eigenvalue weighted by molar-refractivity contribution is 7.98. The lowest BCUT2D eigenvalue weighted by Crippen LogP contribution is -2.20. The molecule has 1 aromatic heterocycles. The molecule has 14 heavy (non-hydrogen) atoms. The minimum atomic E-state index is -0.969. The van der Waals surface area contributed by atoms with Gasteiger partial charge in [-0.15, -0.1) is 0 Å². The fourth-order valence-electron chi connectivity index (χ4n) is 0.906. The van der Waals surface area contributed by atoms with Crippen molar-refractivity contribution in [2.75, 3.05) is 12.0 Å². The molecule has 1 aromatic rings. The smallest absolute Gasteiger partial charge is 0.187 e. The van der Waals surface area contributed by atoms with Crippen LogP contribution < -0.4 is 0 Å². The topological polar surface area (TPSA) is 66.2 Å². The van der Waals surface area contributed by atoms with Gasteiger partial charge in [-0.05, 0) is 6.26 Å². The Hall–Kier alpha value is -0.300. The Morgan fingerprint density at radius 1 is 1.43 bits per heavy atom. The van der Waals surface area contributed by atoms with Gasteiger partial charge in [0, 0.05) is 23.7 Å². The predicted molar refractivity (Wildman–Crippen MR) is 58.6 cm³/mol. The highest BCUT2D eigenvalue weighted by atomic mass is 32.2. The van der Waals surface area contributed by atoms with Crippen LogP contribution in [0.15, 0.2) is 17.6 Å². The average Bonchev–Trinajstić information content (AvgIpc) is 2.27. The van der Waals surface area contributed by atoms with Gasteiger partial charge < -0.3 is 10.2 Å². The van der Waals surface area contributed by atoms with Crippen molar-refractivity contribution >= 4 is 24.4 Å². The zero-order chi connectivity index (χ0) is 10.6. The molecule has 0 saturated carbocycles. The van der Waals surface area contributed by atoms with E-state index in [-0.39, 0.29) is 5.75 Å². The van der Waals surface area contributed by atoms with Crippen LogP contribution in [0.5, 0.6) is 0 Å². The van der Waals surface area contributed by atoms with Gasteiger partial charge in [-0.1, -0.05) is 11.8 Å². The molecule has 2 atom stereocenters. The molecule has 0 spiro atoms. The number of rotatable bonds is 4. The van der Waals surface area contributed by atoms with Crippen molar-refractivity contribution in [1.29, 1.82) is 0 Å². The number of nitrogens with zero attached hydrogens (tertiary/aromatic N) is 2. The molecule has 0 saturated heterocycles. The Bertz CT molecular complexity index is 281. The van der Waals surface area contributed by atoms with Crippen LogP contribution in [0.1, 0.15) is 11.7 Å². The molecule has 4 nitrogen and oxygen atoms in total. The monoisotopic (exact) mass is 232 g/mol. The Balaban J connectivity index is 2.75. The zero-order valence-electron chi connectivity index (χ0n) is 7.66. The van der Waals surface area contributed by atoms with Crippen molar-refractivity contribution in [3.63, 3.8) is 0 Å². The highest BCUT2D eigenvalue weighted by Gasteiger charge is 2.17. The summed E-state index contributed by atoms with van der Waals surface area (Å²) in [5.41, 5.74) is 0.504. The summed E-state index contributed by atoms with van der Waals surface area (Å²) in [6.45, 7) is 0. The lowest BCUT2D eigenvalue weighted by atomic mass is 10.1. The molecule has 6 heteroatoms. The molecule has 0 aromatic carbocycles. The standard InChI is InChI=1S/C8H12N2O2S2/c1-14-8-9-2-5(3-10-8)7(12)6(11)4-13/h2-3,6-7,11-13H,4H2,1H3. The molecule has 1 heterocycles. The summed E-state index contributed by atoms with van der Waals surface area (Å²) in [5, 5.41) is 19.5. The van der Waals surface area contributed by atoms with Crippen molar-refractivity contribution in [2.45, 2.75) is 17.4 Å². The molecular weight excluding hydrogens is 220 g/mol.